The SMILES string of the molecule is O=C(NCCC1CCCC1)c1cnc(OCCC(O)O)s1. The molecule has 1 heterocycles. The van der Waals surface area contributed by atoms with Gasteiger partial charge in [-0.2, -0.15) is 0 Å². The third-order valence-corrected chi connectivity index (χ3v) is 4.53. The quantitative estimate of drug-likeness (QED) is 0.633. The van der Waals surface area contributed by atoms with E-state index in [0.29, 0.717) is 16.6 Å². The number of nitrogens with one attached hydrogen (secondary N) is 1. The fraction of sp³-hybridized carbons (Fsp3) is 0.714. The van der Waals surface area contributed by atoms with E-state index in [1.165, 1.54) is 43.2 Å². The summed E-state index contributed by atoms with van der Waals surface area (Å²) in [5.41, 5.74) is 0. The summed E-state index contributed by atoms with van der Waals surface area (Å²) in [4.78, 5) is 16.4. The van der Waals surface area contributed by atoms with E-state index in [9.17, 15) is 4.79 Å². The summed E-state index contributed by atoms with van der Waals surface area (Å²) in [5, 5.41) is 20.7. The summed E-state index contributed by atoms with van der Waals surface area (Å²) in [6, 6.07) is 0. The van der Waals surface area contributed by atoms with Crippen molar-refractivity contribution in [2.45, 2.75) is 44.8 Å². The number of amides is 1. The van der Waals surface area contributed by atoms with Crippen LogP contribution in [0.15, 0.2) is 6.20 Å². The minimum Gasteiger partial charge on any atom is -0.470 e. The van der Waals surface area contributed by atoms with Crippen molar-refractivity contribution in [1.29, 1.82) is 0 Å². The van der Waals surface area contributed by atoms with Crippen LogP contribution in [0.4, 0.5) is 0 Å². The molecule has 1 aliphatic carbocycles. The van der Waals surface area contributed by atoms with Crippen LogP contribution in [0, 0.1) is 5.92 Å². The molecule has 0 radical (unpaired) electrons. The van der Waals surface area contributed by atoms with E-state index in [1.54, 1.807) is 0 Å². The molecule has 118 valence electrons. The Morgan fingerprint density at radius 2 is 2.24 bits per heavy atom. The van der Waals surface area contributed by atoms with Crippen molar-refractivity contribution >= 4 is 17.2 Å². The predicted molar refractivity (Wildman–Crippen MR) is 79.4 cm³/mol. The Hall–Kier alpha value is -1.18. The lowest BCUT2D eigenvalue weighted by molar-refractivity contribution is -0.0519. The molecule has 1 aromatic rings. The number of ether oxygens (including phenoxy) is 1. The van der Waals surface area contributed by atoms with Crippen molar-refractivity contribution in [2.24, 2.45) is 5.92 Å². The van der Waals surface area contributed by atoms with E-state index in [1.807, 2.05) is 0 Å². The predicted octanol–water partition coefficient (Wildman–Crippen LogP) is 1.53. The second kappa shape index (κ2) is 8.31. The molecular weight excluding hydrogens is 292 g/mol. The van der Waals surface area contributed by atoms with E-state index in [-0.39, 0.29) is 18.9 Å². The van der Waals surface area contributed by atoms with Gasteiger partial charge in [0.25, 0.3) is 11.1 Å². The monoisotopic (exact) mass is 314 g/mol. The molecule has 21 heavy (non-hydrogen) atoms. The van der Waals surface area contributed by atoms with Gasteiger partial charge in [-0.15, -0.1) is 0 Å². The van der Waals surface area contributed by atoms with Crippen molar-refractivity contribution < 1.29 is 19.7 Å². The molecule has 1 amide bonds. The third kappa shape index (κ3) is 5.61. The molecule has 1 aliphatic rings. The Morgan fingerprint density at radius 1 is 1.48 bits per heavy atom. The molecule has 1 fully saturated rings. The van der Waals surface area contributed by atoms with Gasteiger partial charge in [-0.05, 0) is 12.3 Å². The fourth-order valence-corrected chi connectivity index (χ4v) is 3.16. The van der Waals surface area contributed by atoms with E-state index < -0.39 is 6.29 Å². The maximum Gasteiger partial charge on any atom is 0.273 e. The highest BCUT2D eigenvalue weighted by Gasteiger charge is 2.16. The molecule has 0 saturated heterocycles. The third-order valence-electron chi connectivity index (χ3n) is 3.62. The van der Waals surface area contributed by atoms with E-state index in [4.69, 9.17) is 14.9 Å². The van der Waals surface area contributed by atoms with Crippen LogP contribution in [0.25, 0.3) is 0 Å². The maximum atomic E-state index is 11.9. The smallest absolute Gasteiger partial charge is 0.273 e. The number of hydrogen-bond donors (Lipinski definition) is 3. The summed E-state index contributed by atoms with van der Waals surface area (Å²) in [7, 11) is 0. The van der Waals surface area contributed by atoms with Crippen LogP contribution in [0.2, 0.25) is 0 Å². The van der Waals surface area contributed by atoms with Crippen molar-refractivity contribution in [3.63, 3.8) is 0 Å². The molecule has 0 aromatic carbocycles. The Balaban J connectivity index is 1.68. The molecule has 6 nitrogen and oxygen atoms in total. The number of carbonyl (C=O) groups is 1. The zero-order chi connectivity index (χ0) is 15.1. The first-order chi connectivity index (χ1) is 10.1. The van der Waals surface area contributed by atoms with Gasteiger partial charge in [0.2, 0.25) is 0 Å². The number of rotatable bonds is 8. The van der Waals surface area contributed by atoms with Crippen LogP contribution >= 0.6 is 11.3 Å². The first kappa shape index (κ1) is 16.2. The molecule has 1 aromatic heterocycles. The Morgan fingerprint density at radius 3 is 2.95 bits per heavy atom. The molecule has 7 heteroatoms. The summed E-state index contributed by atoms with van der Waals surface area (Å²) >= 11 is 1.17. The summed E-state index contributed by atoms with van der Waals surface area (Å²) in [6.07, 6.45) is 6.46. The highest BCUT2D eigenvalue weighted by molar-refractivity contribution is 7.15. The van der Waals surface area contributed by atoms with Gasteiger partial charge in [-0.3, -0.25) is 4.79 Å². The van der Waals surface area contributed by atoms with E-state index in [0.717, 1.165) is 12.3 Å². The van der Waals surface area contributed by atoms with Gasteiger partial charge in [-0.1, -0.05) is 37.0 Å². The second-order valence-electron chi connectivity index (χ2n) is 5.30. The summed E-state index contributed by atoms with van der Waals surface area (Å²) in [6.45, 7) is 0.863. The maximum absolute atomic E-state index is 11.9. The van der Waals surface area contributed by atoms with E-state index >= 15 is 0 Å². The first-order valence-corrected chi connectivity index (χ1v) is 8.20. The molecule has 2 rings (SSSR count). The minimum absolute atomic E-state index is 0.114. The first-order valence-electron chi connectivity index (χ1n) is 7.38. The topological polar surface area (TPSA) is 91.7 Å². The number of aromatic nitrogens is 1. The van der Waals surface area contributed by atoms with Crippen molar-refractivity contribution in [1.82, 2.24) is 10.3 Å². The summed E-state index contributed by atoms with van der Waals surface area (Å²) < 4.78 is 5.24. The average molecular weight is 314 g/mol. The van der Waals surface area contributed by atoms with Crippen LogP contribution in [0.1, 0.15) is 48.2 Å². The molecular formula is C14H22N2O4S. The number of hydrogen-bond acceptors (Lipinski definition) is 6. The van der Waals surface area contributed by atoms with Crippen LogP contribution in [0.3, 0.4) is 0 Å². The van der Waals surface area contributed by atoms with Gasteiger partial charge in [0, 0.05) is 13.0 Å². The molecule has 1 saturated carbocycles. The average Bonchev–Trinajstić information content (AvgIpc) is 3.09. The lowest BCUT2D eigenvalue weighted by atomic mass is 10.0. The normalized spacial score (nSPS) is 15.6. The lowest BCUT2D eigenvalue weighted by Gasteiger charge is -2.08. The molecule has 0 unspecified atom stereocenters. The standard InChI is InChI=1S/C14H22N2O4S/c17-12(18)6-8-20-14-16-9-11(21-14)13(19)15-7-5-10-3-1-2-4-10/h9-10,12,17-18H,1-8H2,(H,15,19). The van der Waals surface area contributed by atoms with Crippen LogP contribution in [-0.4, -0.2) is 40.5 Å². The zero-order valence-corrected chi connectivity index (χ0v) is 12.8. The fourth-order valence-electron chi connectivity index (χ4n) is 2.46. The summed E-state index contributed by atoms with van der Waals surface area (Å²) in [5.74, 6) is 0.637. The molecule has 0 spiro atoms. The van der Waals surface area contributed by atoms with Crippen molar-refractivity contribution in [3.05, 3.63) is 11.1 Å². The molecule has 0 atom stereocenters. The van der Waals surface area contributed by atoms with Gasteiger partial charge >= 0.3 is 0 Å². The zero-order valence-electron chi connectivity index (χ0n) is 12.0. The van der Waals surface area contributed by atoms with Crippen LogP contribution in [-0.2, 0) is 0 Å². The second-order valence-corrected chi connectivity index (χ2v) is 6.30. The van der Waals surface area contributed by atoms with Gasteiger partial charge in [-0.25, -0.2) is 4.98 Å². The number of aliphatic hydroxyl groups is 2. The van der Waals surface area contributed by atoms with Crippen molar-refractivity contribution in [3.8, 4) is 5.19 Å². The number of carbonyl (C=O) groups excluding carboxylic acids is 1. The highest BCUT2D eigenvalue weighted by atomic mass is 32.1. The number of thiazole rings is 1. The van der Waals surface area contributed by atoms with Crippen molar-refractivity contribution in [2.75, 3.05) is 13.2 Å². The Bertz CT molecular complexity index is 444. The van der Waals surface area contributed by atoms with Gasteiger partial charge in [0.15, 0.2) is 6.29 Å². The number of aliphatic hydroxyl groups excluding tert-OH is 1. The molecule has 3 N–H and O–H groups in total. The molecule has 0 aliphatic heterocycles. The Kier molecular flexibility index (Phi) is 6.41. The Labute approximate surface area is 128 Å². The van der Waals surface area contributed by atoms with Crippen LogP contribution in [0.5, 0.6) is 5.19 Å². The van der Waals surface area contributed by atoms with Gasteiger partial charge in [0.1, 0.15) is 4.88 Å². The lowest BCUT2D eigenvalue weighted by Crippen LogP contribution is -2.24. The van der Waals surface area contributed by atoms with Gasteiger partial charge < -0.3 is 20.3 Å². The largest absolute Gasteiger partial charge is 0.470 e. The van der Waals surface area contributed by atoms with E-state index in [2.05, 4.69) is 10.3 Å². The highest BCUT2D eigenvalue weighted by Crippen LogP contribution is 2.27. The van der Waals surface area contributed by atoms with Crippen LogP contribution < -0.4 is 10.1 Å². The van der Waals surface area contributed by atoms with Gasteiger partial charge in [0.05, 0.1) is 12.8 Å². The number of nitrogens with zero attached hydrogens (tertiary/aromatic N) is 1. The minimum atomic E-state index is -1.39. The molecule has 0 bridgehead atoms.